The first-order valence-corrected chi connectivity index (χ1v) is 8.35. The van der Waals surface area contributed by atoms with Crippen molar-refractivity contribution in [3.05, 3.63) is 59.5 Å². The van der Waals surface area contributed by atoms with Crippen LogP contribution in [0, 0.1) is 6.92 Å². The second kappa shape index (κ2) is 11.6. The van der Waals surface area contributed by atoms with Gasteiger partial charge in [-0.05, 0) is 24.6 Å². The van der Waals surface area contributed by atoms with Gasteiger partial charge in [-0.1, -0.05) is 29.8 Å². The van der Waals surface area contributed by atoms with Gasteiger partial charge in [0.2, 0.25) is 5.91 Å². The molecule has 142 valence electrons. The van der Waals surface area contributed by atoms with Crippen molar-refractivity contribution in [3.63, 3.8) is 0 Å². The summed E-state index contributed by atoms with van der Waals surface area (Å²) >= 11 is 0. The van der Waals surface area contributed by atoms with E-state index >= 15 is 0 Å². The number of nitrogens with zero attached hydrogens (tertiary/aromatic N) is 2. The maximum absolute atomic E-state index is 11.8. The second-order valence-corrected chi connectivity index (χ2v) is 6.05. The van der Waals surface area contributed by atoms with E-state index in [1.54, 1.807) is 25.3 Å². The molecule has 0 spiro atoms. The van der Waals surface area contributed by atoms with Crippen LogP contribution in [0.5, 0.6) is 0 Å². The number of benzene rings is 1. The van der Waals surface area contributed by atoms with Gasteiger partial charge >= 0.3 is 0 Å². The average Bonchev–Trinajstić information content (AvgIpc) is 3.11. The van der Waals surface area contributed by atoms with Crippen molar-refractivity contribution < 1.29 is 9.21 Å². The smallest absolute Gasteiger partial charge is 0.241 e. The SMILES string of the molecule is Cc1ccc(CN=C(NCCc2ccco2)NCC(=O)N(C)C)cc1.I. The molecule has 1 aromatic carbocycles. The van der Waals surface area contributed by atoms with E-state index in [9.17, 15) is 4.79 Å². The van der Waals surface area contributed by atoms with Gasteiger partial charge in [0.1, 0.15) is 5.76 Å². The van der Waals surface area contributed by atoms with Crippen LogP contribution in [0.3, 0.4) is 0 Å². The van der Waals surface area contributed by atoms with Gasteiger partial charge in [-0.2, -0.15) is 0 Å². The molecule has 2 rings (SSSR count). The van der Waals surface area contributed by atoms with Crippen molar-refractivity contribution in [2.45, 2.75) is 19.9 Å². The highest BCUT2D eigenvalue weighted by molar-refractivity contribution is 14.0. The van der Waals surface area contributed by atoms with Crippen LogP contribution in [0.15, 0.2) is 52.1 Å². The summed E-state index contributed by atoms with van der Waals surface area (Å²) in [5, 5.41) is 6.32. The topological polar surface area (TPSA) is 69.9 Å². The van der Waals surface area contributed by atoms with Gasteiger partial charge < -0.3 is 20.0 Å². The Hall–Kier alpha value is -2.03. The van der Waals surface area contributed by atoms with E-state index in [1.165, 1.54) is 5.56 Å². The van der Waals surface area contributed by atoms with Gasteiger partial charge in [0.05, 0.1) is 19.4 Å². The second-order valence-electron chi connectivity index (χ2n) is 6.05. The normalized spacial score (nSPS) is 10.8. The molecule has 26 heavy (non-hydrogen) atoms. The number of nitrogens with one attached hydrogen (secondary N) is 2. The Morgan fingerprint density at radius 1 is 1.15 bits per heavy atom. The number of furan rings is 1. The molecule has 0 saturated carbocycles. The Morgan fingerprint density at radius 3 is 2.50 bits per heavy atom. The zero-order valence-corrected chi connectivity index (χ0v) is 17.8. The van der Waals surface area contributed by atoms with Crippen LogP contribution in [0.1, 0.15) is 16.9 Å². The van der Waals surface area contributed by atoms with Crippen LogP contribution in [-0.2, 0) is 17.8 Å². The number of carbonyl (C=O) groups excluding carboxylic acids is 1. The molecule has 0 saturated heterocycles. The Labute approximate surface area is 172 Å². The van der Waals surface area contributed by atoms with Crippen molar-refractivity contribution in [3.8, 4) is 0 Å². The minimum atomic E-state index is -0.00382. The molecule has 2 N–H and O–H groups in total. The molecule has 0 bridgehead atoms. The molecule has 6 nitrogen and oxygen atoms in total. The maximum atomic E-state index is 11.8. The highest BCUT2D eigenvalue weighted by atomic mass is 127. The first kappa shape index (κ1) is 22.0. The summed E-state index contributed by atoms with van der Waals surface area (Å²) in [6.07, 6.45) is 2.41. The van der Waals surface area contributed by atoms with E-state index in [0.717, 1.165) is 17.7 Å². The third kappa shape index (κ3) is 7.90. The number of carbonyl (C=O) groups is 1. The zero-order valence-electron chi connectivity index (χ0n) is 15.5. The lowest BCUT2D eigenvalue weighted by molar-refractivity contribution is -0.127. The summed E-state index contributed by atoms with van der Waals surface area (Å²) in [7, 11) is 3.47. The van der Waals surface area contributed by atoms with Crippen LogP contribution in [0.2, 0.25) is 0 Å². The molecule has 0 atom stereocenters. The van der Waals surface area contributed by atoms with Crippen molar-refractivity contribution in [1.29, 1.82) is 0 Å². The fourth-order valence-corrected chi connectivity index (χ4v) is 2.11. The number of halogens is 1. The van der Waals surface area contributed by atoms with Crippen LogP contribution in [-0.4, -0.2) is 44.0 Å². The average molecular weight is 470 g/mol. The number of likely N-dealkylation sites (N-methyl/N-ethyl adjacent to an activating group) is 1. The first-order chi connectivity index (χ1) is 12.0. The van der Waals surface area contributed by atoms with Gasteiger partial charge in [0.15, 0.2) is 5.96 Å². The van der Waals surface area contributed by atoms with E-state index in [4.69, 9.17) is 4.42 Å². The quantitative estimate of drug-likeness (QED) is 0.371. The van der Waals surface area contributed by atoms with Crippen LogP contribution in [0.25, 0.3) is 0 Å². The molecule has 1 aromatic heterocycles. The number of hydrogen-bond donors (Lipinski definition) is 2. The molecular formula is C19H27IN4O2. The van der Waals surface area contributed by atoms with Crippen molar-refractivity contribution >= 4 is 35.8 Å². The van der Waals surface area contributed by atoms with E-state index in [0.29, 0.717) is 19.0 Å². The molecule has 0 unspecified atom stereocenters. The van der Waals surface area contributed by atoms with Gasteiger partial charge in [-0.3, -0.25) is 4.79 Å². The molecule has 0 aliphatic carbocycles. The first-order valence-electron chi connectivity index (χ1n) is 8.35. The number of hydrogen-bond acceptors (Lipinski definition) is 3. The Morgan fingerprint density at radius 2 is 1.88 bits per heavy atom. The molecule has 7 heteroatoms. The van der Waals surface area contributed by atoms with E-state index in [1.807, 2.05) is 12.1 Å². The molecule has 0 fully saturated rings. The maximum Gasteiger partial charge on any atom is 0.241 e. The monoisotopic (exact) mass is 470 g/mol. The lowest BCUT2D eigenvalue weighted by atomic mass is 10.1. The summed E-state index contributed by atoms with van der Waals surface area (Å²) in [6, 6.07) is 12.1. The molecule has 1 heterocycles. The van der Waals surface area contributed by atoms with Gasteiger partial charge in [0, 0.05) is 27.1 Å². The molecular weight excluding hydrogens is 443 g/mol. The summed E-state index contributed by atoms with van der Waals surface area (Å²) in [5.74, 6) is 1.52. The summed E-state index contributed by atoms with van der Waals surface area (Å²) in [6.45, 7) is 3.48. The Bertz CT molecular complexity index is 682. The molecule has 0 aliphatic rings. The minimum Gasteiger partial charge on any atom is -0.469 e. The number of rotatable bonds is 7. The number of guanidine groups is 1. The zero-order chi connectivity index (χ0) is 18.1. The fraction of sp³-hybridized carbons (Fsp3) is 0.368. The standard InChI is InChI=1S/C19H26N4O2.HI/c1-15-6-8-16(9-7-15)13-21-19(22-14-18(24)23(2)3)20-11-10-17-5-4-12-25-17;/h4-9,12H,10-11,13-14H2,1-3H3,(H2,20,21,22);1H. The predicted octanol–water partition coefficient (Wildman–Crippen LogP) is 2.57. The van der Waals surface area contributed by atoms with Crippen molar-refractivity contribution in [1.82, 2.24) is 15.5 Å². The van der Waals surface area contributed by atoms with E-state index in [-0.39, 0.29) is 36.4 Å². The van der Waals surface area contributed by atoms with Crippen LogP contribution < -0.4 is 10.6 Å². The highest BCUT2D eigenvalue weighted by Crippen LogP contribution is 2.04. The van der Waals surface area contributed by atoms with E-state index < -0.39 is 0 Å². The molecule has 0 radical (unpaired) electrons. The lowest BCUT2D eigenvalue weighted by Crippen LogP contribution is -2.43. The van der Waals surface area contributed by atoms with Crippen LogP contribution in [0.4, 0.5) is 0 Å². The Balaban J connectivity index is 0.00000338. The molecule has 1 amide bonds. The van der Waals surface area contributed by atoms with E-state index in [2.05, 4.69) is 46.8 Å². The predicted molar refractivity (Wildman–Crippen MR) is 115 cm³/mol. The minimum absolute atomic E-state index is 0. The number of aryl methyl sites for hydroxylation is 1. The van der Waals surface area contributed by atoms with Gasteiger partial charge in [-0.15, -0.1) is 24.0 Å². The van der Waals surface area contributed by atoms with Gasteiger partial charge in [0.25, 0.3) is 0 Å². The number of amides is 1. The summed E-state index contributed by atoms with van der Waals surface area (Å²) < 4.78 is 5.32. The Kier molecular flexibility index (Phi) is 9.79. The largest absolute Gasteiger partial charge is 0.469 e. The lowest BCUT2D eigenvalue weighted by Gasteiger charge is -2.14. The number of aliphatic imine (C=N–C) groups is 1. The molecule has 0 aliphatic heterocycles. The van der Waals surface area contributed by atoms with Crippen molar-refractivity contribution in [2.24, 2.45) is 4.99 Å². The van der Waals surface area contributed by atoms with Crippen LogP contribution >= 0.6 is 24.0 Å². The molecule has 2 aromatic rings. The third-order valence-electron chi connectivity index (χ3n) is 3.69. The van der Waals surface area contributed by atoms with Crippen molar-refractivity contribution in [2.75, 3.05) is 27.2 Å². The summed E-state index contributed by atoms with van der Waals surface area (Å²) in [5.41, 5.74) is 2.34. The summed E-state index contributed by atoms with van der Waals surface area (Å²) in [4.78, 5) is 17.9. The third-order valence-corrected chi connectivity index (χ3v) is 3.69. The highest BCUT2D eigenvalue weighted by Gasteiger charge is 2.06. The van der Waals surface area contributed by atoms with Gasteiger partial charge in [-0.25, -0.2) is 4.99 Å². The fourth-order valence-electron chi connectivity index (χ4n) is 2.11.